The van der Waals surface area contributed by atoms with Gasteiger partial charge in [0.2, 0.25) is 0 Å². The number of hydrogen-bond acceptors (Lipinski definition) is 11. The van der Waals surface area contributed by atoms with Gasteiger partial charge in [-0.1, -0.05) is 35.5 Å². The molecule has 0 saturated carbocycles. The third kappa shape index (κ3) is 5.32. The number of aromatic nitrogens is 4. The number of fused-ring (bicyclic) bond motifs is 2. The van der Waals surface area contributed by atoms with Crippen LogP contribution in [0.3, 0.4) is 0 Å². The van der Waals surface area contributed by atoms with E-state index in [1.165, 1.54) is 24.3 Å². The summed E-state index contributed by atoms with van der Waals surface area (Å²) in [7, 11) is 0. The van der Waals surface area contributed by atoms with Crippen LogP contribution in [0, 0.1) is 0 Å². The number of aryl methyl sites for hydroxylation is 1. The molecule has 2 amide bonds. The van der Waals surface area contributed by atoms with Crippen molar-refractivity contribution in [2.45, 2.75) is 37.9 Å². The summed E-state index contributed by atoms with van der Waals surface area (Å²) in [5, 5.41) is 9.30. The van der Waals surface area contributed by atoms with Gasteiger partial charge in [0.25, 0.3) is 28.6 Å². The smallest absolute Gasteiger partial charge is 0.394 e. The number of nitrogens with one attached hydrogen (secondary N) is 3. The second kappa shape index (κ2) is 11.1. The highest BCUT2D eigenvalue weighted by Gasteiger charge is 2.42. The van der Waals surface area contributed by atoms with E-state index in [9.17, 15) is 32.8 Å². The van der Waals surface area contributed by atoms with Gasteiger partial charge in [0.15, 0.2) is 5.82 Å². The van der Waals surface area contributed by atoms with E-state index in [2.05, 4.69) is 35.3 Å². The molecule has 238 valence electrons. The fraction of sp³-hybridized carbons (Fsp3) is 0.226. The highest BCUT2D eigenvalue weighted by Crippen LogP contribution is 2.39. The maximum absolute atomic E-state index is 14.9. The number of amides is 2. The number of halogens is 2. The Morgan fingerprint density at radius 1 is 1.02 bits per heavy atom. The molecule has 5 aromatic rings. The van der Waals surface area contributed by atoms with Crippen LogP contribution in [0.15, 0.2) is 67.7 Å². The average Bonchev–Trinajstić information content (AvgIpc) is 3.68. The van der Waals surface area contributed by atoms with Crippen molar-refractivity contribution >= 4 is 23.2 Å². The van der Waals surface area contributed by atoms with Crippen LogP contribution in [0.1, 0.15) is 61.3 Å². The molecule has 0 radical (unpaired) electrons. The standard InChI is InChI=1S/C31H24F2N8O6/c32-31(33)12-41(24-23(34)25(42)26(24)43)11-17-7-14(1-5-19(17)31)10-35-28(44)21-9-22(37-13-36-21)29(45)38-20-6-3-15-8-16(2-4-18(15)20)27-39-30(46)47-40-27/h1-2,4-5,7-9,13,20H,3,6,10-12,34H2,(H,35,44)(H,38,45)(H,39,40,46)/t20-/m0/s1. The predicted octanol–water partition coefficient (Wildman–Crippen LogP) is 1.46. The Labute approximate surface area is 262 Å². The first kappa shape index (κ1) is 29.6. The van der Waals surface area contributed by atoms with Crippen LogP contribution in [0.25, 0.3) is 11.4 Å². The number of nitrogens with zero attached hydrogens (tertiary/aromatic N) is 4. The largest absolute Gasteiger partial charge is 0.439 e. The minimum Gasteiger partial charge on any atom is -0.394 e. The molecule has 1 atom stereocenters. The quantitative estimate of drug-likeness (QED) is 0.187. The Hall–Kier alpha value is -6.06. The van der Waals surface area contributed by atoms with Crippen LogP contribution < -0.4 is 37.9 Å². The Morgan fingerprint density at radius 2 is 1.81 bits per heavy atom. The summed E-state index contributed by atoms with van der Waals surface area (Å²) in [6, 6.07) is 10.6. The third-order valence-electron chi connectivity index (χ3n) is 8.38. The number of nitrogen functional groups attached to an aromatic ring is 1. The molecule has 16 heteroatoms. The van der Waals surface area contributed by atoms with Gasteiger partial charge >= 0.3 is 5.76 Å². The molecule has 47 heavy (non-hydrogen) atoms. The van der Waals surface area contributed by atoms with Crippen LogP contribution >= 0.6 is 0 Å². The maximum atomic E-state index is 14.9. The Balaban J connectivity index is 1.01. The zero-order valence-electron chi connectivity index (χ0n) is 24.3. The summed E-state index contributed by atoms with van der Waals surface area (Å²) in [6.45, 7) is -0.911. The number of carbonyl (C=O) groups is 2. The highest BCUT2D eigenvalue weighted by atomic mass is 19.3. The van der Waals surface area contributed by atoms with E-state index in [-0.39, 0.29) is 53.0 Å². The lowest BCUT2D eigenvalue weighted by atomic mass is 9.93. The van der Waals surface area contributed by atoms with Crippen molar-refractivity contribution in [2.24, 2.45) is 0 Å². The molecule has 2 aromatic heterocycles. The molecule has 1 aliphatic carbocycles. The van der Waals surface area contributed by atoms with Crippen molar-refractivity contribution in [2.75, 3.05) is 17.2 Å². The summed E-state index contributed by atoms with van der Waals surface area (Å²) in [6.07, 6.45) is 2.40. The number of carbonyl (C=O) groups excluding carboxylic acids is 2. The topological polar surface area (TPSA) is 206 Å². The number of rotatable bonds is 7. The minimum atomic E-state index is -3.30. The van der Waals surface area contributed by atoms with E-state index in [1.54, 1.807) is 6.07 Å². The van der Waals surface area contributed by atoms with Crippen LogP contribution in [-0.2, 0) is 25.4 Å². The minimum absolute atomic E-state index is 0.0240. The summed E-state index contributed by atoms with van der Waals surface area (Å²) >= 11 is 0. The number of anilines is 2. The Morgan fingerprint density at radius 3 is 2.55 bits per heavy atom. The summed E-state index contributed by atoms with van der Waals surface area (Å²) in [5.74, 6) is -4.78. The molecule has 0 unspecified atom stereocenters. The van der Waals surface area contributed by atoms with Crippen LogP contribution in [-0.4, -0.2) is 38.5 Å². The van der Waals surface area contributed by atoms with Crippen LogP contribution in [0.4, 0.5) is 20.2 Å². The number of H-pyrrole nitrogens is 1. The molecule has 7 rings (SSSR count). The second-order valence-electron chi connectivity index (χ2n) is 11.4. The van der Waals surface area contributed by atoms with Crippen molar-refractivity contribution in [3.63, 3.8) is 0 Å². The molecule has 3 heterocycles. The molecule has 3 aromatic carbocycles. The van der Waals surface area contributed by atoms with E-state index in [1.807, 2.05) is 12.1 Å². The van der Waals surface area contributed by atoms with E-state index >= 15 is 0 Å². The molecule has 14 nitrogen and oxygen atoms in total. The van der Waals surface area contributed by atoms with Crippen molar-refractivity contribution < 1.29 is 22.9 Å². The van der Waals surface area contributed by atoms with Gasteiger partial charge in [-0.25, -0.2) is 14.8 Å². The number of alkyl halides is 2. The molecular formula is C31H24F2N8O6. The lowest BCUT2D eigenvalue weighted by Crippen LogP contribution is -2.48. The van der Waals surface area contributed by atoms with Gasteiger partial charge in [-0.05, 0) is 41.2 Å². The zero-order valence-corrected chi connectivity index (χ0v) is 24.3. The first-order valence-electron chi connectivity index (χ1n) is 14.4. The molecule has 1 aliphatic heterocycles. The van der Waals surface area contributed by atoms with Gasteiger partial charge in [0, 0.05) is 30.3 Å². The zero-order chi connectivity index (χ0) is 33.0. The van der Waals surface area contributed by atoms with Crippen LogP contribution in [0.5, 0.6) is 0 Å². The summed E-state index contributed by atoms with van der Waals surface area (Å²) in [5.41, 5.74) is 6.23. The van der Waals surface area contributed by atoms with Gasteiger partial charge < -0.3 is 21.3 Å². The van der Waals surface area contributed by atoms with E-state index in [0.717, 1.165) is 22.4 Å². The maximum Gasteiger partial charge on any atom is 0.439 e. The van der Waals surface area contributed by atoms with Gasteiger partial charge in [0.1, 0.15) is 29.1 Å². The molecule has 0 fully saturated rings. The highest BCUT2D eigenvalue weighted by molar-refractivity contribution is 5.97. The lowest BCUT2D eigenvalue weighted by Gasteiger charge is -2.36. The lowest BCUT2D eigenvalue weighted by molar-refractivity contribution is -0.00253. The molecule has 2 aliphatic rings. The van der Waals surface area contributed by atoms with Gasteiger partial charge in [-0.15, -0.1) is 0 Å². The molecular weight excluding hydrogens is 618 g/mol. The Bertz CT molecular complexity index is 2220. The van der Waals surface area contributed by atoms with Crippen LogP contribution in [0.2, 0.25) is 0 Å². The SMILES string of the molecule is Nc1c(N2Cc3cc(CNC(=O)c4cc(C(=O)N[C@H]5CCc6cc(-c7noc(=O)[nH]7)ccc65)ncn4)ccc3C(F)(F)C2)c(=O)c1=O. The second-order valence-corrected chi connectivity index (χ2v) is 11.4. The summed E-state index contributed by atoms with van der Waals surface area (Å²) < 4.78 is 34.4. The molecule has 0 spiro atoms. The fourth-order valence-corrected chi connectivity index (χ4v) is 6.08. The van der Waals surface area contributed by atoms with E-state index in [0.29, 0.717) is 29.8 Å². The fourth-order valence-electron chi connectivity index (χ4n) is 6.08. The van der Waals surface area contributed by atoms with Gasteiger partial charge in [0.05, 0.1) is 12.6 Å². The number of benzene rings is 2. The number of aromatic amines is 1. The summed E-state index contributed by atoms with van der Waals surface area (Å²) in [4.78, 5) is 72.4. The first-order valence-corrected chi connectivity index (χ1v) is 14.4. The number of hydrogen-bond donors (Lipinski definition) is 4. The van der Waals surface area contributed by atoms with Gasteiger partial charge in [-0.3, -0.25) is 28.7 Å². The molecule has 0 bridgehead atoms. The van der Waals surface area contributed by atoms with Gasteiger partial charge in [-0.2, -0.15) is 8.78 Å². The van der Waals surface area contributed by atoms with E-state index in [4.69, 9.17) is 5.73 Å². The van der Waals surface area contributed by atoms with Crippen molar-refractivity contribution in [1.82, 2.24) is 30.7 Å². The Kier molecular flexibility index (Phi) is 6.99. The number of nitrogens with two attached hydrogens (primary N) is 1. The predicted molar refractivity (Wildman–Crippen MR) is 161 cm³/mol. The van der Waals surface area contributed by atoms with Crippen molar-refractivity contribution in [3.05, 3.63) is 119 Å². The third-order valence-corrected chi connectivity index (χ3v) is 8.38. The first-order chi connectivity index (χ1) is 22.5. The van der Waals surface area contributed by atoms with E-state index < -0.39 is 40.9 Å². The average molecular weight is 643 g/mol. The van der Waals surface area contributed by atoms with Crippen molar-refractivity contribution in [3.8, 4) is 11.4 Å². The monoisotopic (exact) mass is 642 g/mol. The normalized spacial score (nSPS) is 16.5. The molecule has 0 saturated heterocycles. The molecule has 5 N–H and O–H groups in total. The van der Waals surface area contributed by atoms with Crippen molar-refractivity contribution in [1.29, 1.82) is 0 Å².